The normalized spacial score (nSPS) is 20.1. The summed E-state index contributed by atoms with van der Waals surface area (Å²) in [5.74, 6) is 0. The van der Waals surface area contributed by atoms with E-state index in [9.17, 15) is 4.79 Å². The fourth-order valence-corrected chi connectivity index (χ4v) is 2.46. The molecule has 104 valence electrons. The van der Waals surface area contributed by atoms with Gasteiger partial charge in [0.2, 0.25) is 0 Å². The Morgan fingerprint density at radius 2 is 2.11 bits per heavy atom. The summed E-state index contributed by atoms with van der Waals surface area (Å²) >= 11 is 0. The quantitative estimate of drug-likeness (QED) is 0.859. The van der Waals surface area contributed by atoms with Crippen molar-refractivity contribution in [2.75, 3.05) is 25.5 Å². The number of anilines is 1. The van der Waals surface area contributed by atoms with Gasteiger partial charge in [-0.2, -0.15) is 0 Å². The zero-order chi connectivity index (χ0) is 13.8. The van der Waals surface area contributed by atoms with Crippen molar-refractivity contribution in [1.82, 2.24) is 10.2 Å². The number of urea groups is 1. The highest BCUT2D eigenvalue weighted by atomic mass is 16.2. The number of nitrogens with one attached hydrogen (secondary N) is 2. The van der Waals surface area contributed by atoms with E-state index in [2.05, 4.69) is 36.4 Å². The molecule has 2 rings (SSSR count). The fraction of sp³-hybridized carbons (Fsp3) is 0.533. The van der Waals surface area contributed by atoms with E-state index < -0.39 is 0 Å². The third-order valence-corrected chi connectivity index (χ3v) is 3.72. The number of rotatable bonds is 2. The molecule has 19 heavy (non-hydrogen) atoms. The van der Waals surface area contributed by atoms with Crippen LogP contribution in [0.3, 0.4) is 0 Å². The molecule has 2 N–H and O–H groups in total. The first-order chi connectivity index (χ1) is 9.04. The summed E-state index contributed by atoms with van der Waals surface area (Å²) in [6, 6.07) is 6.12. The highest BCUT2D eigenvalue weighted by Crippen LogP contribution is 2.14. The Bertz CT molecular complexity index is 459. The summed E-state index contributed by atoms with van der Waals surface area (Å²) in [4.78, 5) is 14.2. The molecule has 0 aliphatic carbocycles. The number of likely N-dealkylation sites (N-methyl/N-ethyl adjacent to an activating group) is 1. The lowest BCUT2D eigenvalue weighted by Crippen LogP contribution is -2.47. The smallest absolute Gasteiger partial charge is 0.319 e. The van der Waals surface area contributed by atoms with E-state index in [1.54, 1.807) is 0 Å². The third kappa shape index (κ3) is 3.96. The van der Waals surface area contributed by atoms with Gasteiger partial charge < -0.3 is 15.5 Å². The van der Waals surface area contributed by atoms with Gasteiger partial charge in [-0.3, -0.25) is 0 Å². The molecular formula is C15H23N3O. The Hall–Kier alpha value is -1.55. The summed E-state index contributed by atoms with van der Waals surface area (Å²) in [5, 5.41) is 5.94. The first-order valence-corrected chi connectivity index (χ1v) is 6.88. The van der Waals surface area contributed by atoms with E-state index in [-0.39, 0.29) is 12.1 Å². The van der Waals surface area contributed by atoms with Crippen molar-refractivity contribution in [3.05, 3.63) is 29.3 Å². The summed E-state index contributed by atoms with van der Waals surface area (Å²) < 4.78 is 0. The molecule has 0 bridgehead atoms. The SMILES string of the molecule is Cc1ccc(NC(=O)N[C@@H]2CCCN(C)C2)cc1C. The fourth-order valence-electron chi connectivity index (χ4n) is 2.46. The van der Waals surface area contributed by atoms with E-state index in [4.69, 9.17) is 0 Å². The molecule has 0 spiro atoms. The van der Waals surface area contributed by atoms with E-state index in [1.165, 1.54) is 11.1 Å². The Morgan fingerprint density at radius 3 is 2.79 bits per heavy atom. The Morgan fingerprint density at radius 1 is 1.32 bits per heavy atom. The van der Waals surface area contributed by atoms with Gasteiger partial charge in [0.05, 0.1) is 0 Å². The Labute approximate surface area is 115 Å². The monoisotopic (exact) mass is 261 g/mol. The molecule has 1 aliphatic rings. The van der Waals surface area contributed by atoms with Crippen LogP contribution in [0.25, 0.3) is 0 Å². The number of carbonyl (C=O) groups excluding carboxylic acids is 1. The molecule has 4 nitrogen and oxygen atoms in total. The van der Waals surface area contributed by atoms with Gasteiger partial charge in [-0.1, -0.05) is 6.07 Å². The number of piperidine rings is 1. The molecule has 1 fully saturated rings. The zero-order valence-corrected chi connectivity index (χ0v) is 12.0. The predicted octanol–water partition coefficient (Wildman–Crippen LogP) is 2.52. The molecule has 4 heteroatoms. The number of carbonyl (C=O) groups is 1. The van der Waals surface area contributed by atoms with Crippen LogP contribution in [0.2, 0.25) is 0 Å². The number of aryl methyl sites for hydroxylation is 2. The predicted molar refractivity (Wildman–Crippen MR) is 78.6 cm³/mol. The van der Waals surface area contributed by atoms with Gasteiger partial charge in [0.15, 0.2) is 0 Å². The summed E-state index contributed by atoms with van der Waals surface area (Å²) in [5.41, 5.74) is 3.28. The van der Waals surface area contributed by atoms with Crippen molar-refractivity contribution >= 4 is 11.7 Å². The molecule has 1 aromatic rings. The van der Waals surface area contributed by atoms with Gasteiger partial charge in [0.25, 0.3) is 0 Å². The molecule has 0 radical (unpaired) electrons. The van der Waals surface area contributed by atoms with Crippen LogP contribution >= 0.6 is 0 Å². The highest BCUT2D eigenvalue weighted by molar-refractivity contribution is 5.89. The first kappa shape index (κ1) is 13.9. The van der Waals surface area contributed by atoms with Crippen LogP contribution in [-0.2, 0) is 0 Å². The molecular weight excluding hydrogens is 238 g/mol. The number of hydrogen-bond donors (Lipinski definition) is 2. The van der Waals surface area contributed by atoms with Crippen molar-refractivity contribution in [2.24, 2.45) is 0 Å². The summed E-state index contributed by atoms with van der Waals surface area (Å²) in [6.45, 7) is 6.17. The number of amides is 2. The topological polar surface area (TPSA) is 44.4 Å². The maximum atomic E-state index is 11.9. The highest BCUT2D eigenvalue weighted by Gasteiger charge is 2.18. The van der Waals surface area contributed by atoms with Crippen molar-refractivity contribution < 1.29 is 4.79 Å². The van der Waals surface area contributed by atoms with E-state index in [0.717, 1.165) is 31.6 Å². The van der Waals surface area contributed by atoms with E-state index >= 15 is 0 Å². The lowest BCUT2D eigenvalue weighted by molar-refractivity contribution is 0.216. The van der Waals surface area contributed by atoms with Crippen molar-refractivity contribution in [3.63, 3.8) is 0 Å². The molecule has 1 aliphatic heterocycles. The number of hydrogen-bond acceptors (Lipinski definition) is 2. The number of likely N-dealkylation sites (tertiary alicyclic amines) is 1. The van der Waals surface area contributed by atoms with Crippen LogP contribution in [0, 0.1) is 13.8 Å². The summed E-state index contributed by atoms with van der Waals surface area (Å²) in [7, 11) is 2.09. The van der Waals surface area contributed by atoms with Crippen LogP contribution in [-0.4, -0.2) is 37.1 Å². The van der Waals surface area contributed by atoms with Gasteiger partial charge in [-0.25, -0.2) is 4.79 Å². The minimum Gasteiger partial charge on any atom is -0.334 e. The Kier molecular flexibility index (Phi) is 4.43. The maximum absolute atomic E-state index is 11.9. The molecule has 1 saturated heterocycles. The molecule has 0 unspecified atom stereocenters. The van der Waals surface area contributed by atoms with E-state index in [1.807, 2.05) is 18.2 Å². The third-order valence-electron chi connectivity index (χ3n) is 3.72. The van der Waals surface area contributed by atoms with Crippen LogP contribution in [0.15, 0.2) is 18.2 Å². The second-order valence-electron chi connectivity index (χ2n) is 5.50. The van der Waals surface area contributed by atoms with Gasteiger partial charge in [-0.15, -0.1) is 0 Å². The molecule has 0 aromatic heterocycles. The molecule has 2 amide bonds. The van der Waals surface area contributed by atoms with Crippen molar-refractivity contribution in [2.45, 2.75) is 32.7 Å². The van der Waals surface area contributed by atoms with Crippen LogP contribution in [0.5, 0.6) is 0 Å². The number of benzene rings is 1. The standard InChI is InChI=1S/C15H23N3O/c1-11-6-7-13(9-12(11)2)16-15(19)17-14-5-4-8-18(3)10-14/h6-7,9,14H,4-5,8,10H2,1-3H3,(H2,16,17,19)/t14-/m1/s1. The Balaban J connectivity index is 1.88. The number of nitrogens with zero attached hydrogens (tertiary/aromatic N) is 1. The first-order valence-electron chi connectivity index (χ1n) is 6.88. The minimum absolute atomic E-state index is 0.108. The van der Waals surface area contributed by atoms with Crippen LogP contribution in [0.1, 0.15) is 24.0 Å². The van der Waals surface area contributed by atoms with Crippen LogP contribution in [0.4, 0.5) is 10.5 Å². The maximum Gasteiger partial charge on any atom is 0.319 e. The molecule has 1 heterocycles. The lowest BCUT2D eigenvalue weighted by atomic mass is 10.1. The molecule has 1 aromatic carbocycles. The zero-order valence-electron chi connectivity index (χ0n) is 12.0. The van der Waals surface area contributed by atoms with Gasteiger partial charge in [0.1, 0.15) is 0 Å². The van der Waals surface area contributed by atoms with Crippen LogP contribution < -0.4 is 10.6 Å². The largest absolute Gasteiger partial charge is 0.334 e. The second-order valence-corrected chi connectivity index (χ2v) is 5.50. The molecule has 1 atom stereocenters. The summed E-state index contributed by atoms with van der Waals surface area (Å²) in [6.07, 6.45) is 2.20. The minimum atomic E-state index is -0.108. The average molecular weight is 261 g/mol. The van der Waals surface area contributed by atoms with Crippen molar-refractivity contribution in [3.8, 4) is 0 Å². The van der Waals surface area contributed by atoms with Gasteiger partial charge in [-0.05, 0) is 63.5 Å². The lowest BCUT2D eigenvalue weighted by Gasteiger charge is -2.30. The van der Waals surface area contributed by atoms with Gasteiger partial charge in [0, 0.05) is 18.3 Å². The van der Waals surface area contributed by atoms with Gasteiger partial charge >= 0.3 is 6.03 Å². The van der Waals surface area contributed by atoms with E-state index in [0.29, 0.717) is 0 Å². The average Bonchev–Trinajstić information content (AvgIpc) is 2.34. The molecule has 0 saturated carbocycles. The second kappa shape index (κ2) is 6.06. The van der Waals surface area contributed by atoms with Crippen molar-refractivity contribution in [1.29, 1.82) is 0 Å².